The largest absolute Gasteiger partial charge is 0.497 e. The highest BCUT2D eigenvalue weighted by Crippen LogP contribution is 2.22. The van der Waals surface area contributed by atoms with Crippen molar-refractivity contribution in [2.75, 3.05) is 7.11 Å². The van der Waals surface area contributed by atoms with Gasteiger partial charge in [0.15, 0.2) is 5.78 Å². The van der Waals surface area contributed by atoms with Gasteiger partial charge in [-0.3, -0.25) is 4.79 Å². The van der Waals surface area contributed by atoms with E-state index in [2.05, 4.69) is 0 Å². The molecule has 0 amide bonds. The van der Waals surface area contributed by atoms with Crippen molar-refractivity contribution < 1.29 is 9.53 Å². The number of carbonyl (C=O) groups excluding carboxylic acids is 1. The molecule has 3 heteroatoms. The van der Waals surface area contributed by atoms with Gasteiger partial charge in [0.05, 0.1) is 12.7 Å². The van der Waals surface area contributed by atoms with E-state index >= 15 is 0 Å². The van der Waals surface area contributed by atoms with Crippen LogP contribution in [-0.2, 0) is 4.79 Å². The van der Waals surface area contributed by atoms with E-state index in [0.29, 0.717) is 0 Å². The highest BCUT2D eigenvalue weighted by molar-refractivity contribution is 6.06. The number of methoxy groups -OCH3 is 1. The van der Waals surface area contributed by atoms with E-state index in [0.717, 1.165) is 11.3 Å². The fourth-order valence-corrected chi connectivity index (χ4v) is 1.42. The van der Waals surface area contributed by atoms with Crippen LogP contribution in [0.1, 0.15) is 26.3 Å². The maximum Gasteiger partial charge on any atom is 0.178 e. The molecular formula is C15H17NO2. The van der Waals surface area contributed by atoms with Crippen LogP contribution in [0, 0.1) is 16.7 Å². The summed E-state index contributed by atoms with van der Waals surface area (Å²) in [5.41, 5.74) is 0.436. The summed E-state index contributed by atoms with van der Waals surface area (Å²) >= 11 is 0. The van der Waals surface area contributed by atoms with Gasteiger partial charge in [-0.25, -0.2) is 0 Å². The van der Waals surface area contributed by atoms with Crippen LogP contribution in [-0.4, -0.2) is 12.9 Å². The number of Topliss-reactive ketones (excluding diaryl/α,β-unsaturated/α-hetero) is 1. The van der Waals surface area contributed by atoms with Crippen molar-refractivity contribution in [3.8, 4) is 11.8 Å². The smallest absolute Gasteiger partial charge is 0.178 e. The van der Waals surface area contributed by atoms with Crippen molar-refractivity contribution in [3.05, 3.63) is 35.4 Å². The van der Waals surface area contributed by atoms with E-state index in [1.165, 1.54) is 0 Å². The summed E-state index contributed by atoms with van der Waals surface area (Å²) in [4.78, 5) is 12.0. The SMILES string of the molecule is COc1ccc(/C=C(\C#N)C(=O)C(C)(C)C)cc1. The molecule has 0 radical (unpaired) electrons. The molecule has 0 saturated carbocycles. The van der Waals surface area contributed by atoms with Gasteiger partial charge in [0, 0.05) is 5.41 Å². The molecule has 0 atom stereocenters. The number of carbonyl (C=O) groups is 1. The number of nitriles is 1. The number of benzene rings is 1. The van der Waals surface area contributed by atoms with Crippen molar-refractivity contribution in [1.82, 2.24) is 0 Å². The van der Waals surface area contributed by atoms with Crippen molar-refractivity contribution in [3.63, 3.8) is 0 Å². The zero-order valence-electron chi connectivity index (χ0n) is 11.2. The molecule has 1 aromatic carbocycles. The summed E-state index contributed by atoms with van der Waals surface area (Å²) in [5.74, 6) is 0.591. The van der Waals surface area contributed by atoms with Crippen molar-refractivity contribution >= 4 is 11.9 Å². The lowest BCUT2D eigenvalue weighted by atomic mass is 9.86. The second-order valence-corrected chi connectivity index (χ2v) is 5.02. The first kappa shape index (κ1) is 14.0. The summed E-state index contributed by atoms with van der Waals surface area (Å²) in [6.45, 7) is 5.40. The second kappa shape index (κ2) is 5.50. The van der Waals surface area contributed by atoms with Crippen LogP contribution >= 0.6 is 0 Å². The maximum absolute atomic E-state index is 12.0. The van der Waals surface area contributed by atoms with Crippen LogP contribution in [0.5, 0.6) is 5.75 Å². The monoisotopic (exact) mass is 243 g/mol. The first-order chi connectivity index (χ1) is 8.38. The number of allylic oxidation sites excluding steroid dienone is 1. The molecule has 0 aromatic heterocycles. The third kappa shape index (κ3) is 3.46. The summed E-state index contributed by atoms with van der Waals surface area (Å²) in [6.07, 6.45) is 1.60. The average molecular weight is 243 g/mol. The van der Waals surface area contributed by atoms with Gasteiger partial charge < -0.3 is 4.74 Å². The molecule has 0 heterocycles. The topological polar surface area (TPSA) is 50.1 Å². The summed E-state index contributed by atoms with van der Waals surface area (Å²) in [6, 6.07) is 9.18. The Balaban J connectivity index is 3.05. The fourth-order valence-electron chi connectivity index (χ4n) is 1.42. The normalized spacial score (nSPS) is 11.8. The molecule has 0 saturated heterocycles. The number of rotatable bonds is 3. The Morgan fingerprint density at radius 3 is 2.22 bits per heavy atom. The number of ether oxygens (including phenoxy) is 1. The zero-order chi connectivity index (χ0) is 13.8. The fraction of sp³-hybridized carbons (Fsp3) is 0.333. The number of nitrogens with zero attached hydrogens (tertiary/aromatic N) is 1. The maximum atomic E-state index is 12.0. The Morgan fingerprint density at radius 1 is 1.28 bits per heavy atom. The molecule has 94 valence electrons. The molecule has 0 fully saturated rings. The van der Waals surface area contributed by atoms with Gasteiger partial charge in [-0.05, 0) is 23.8 Å². The van der Waals surface area contributed by atoms with Crippen LogP contribution in [0.4, 0.5) is 0 Å². The van der Waals surface area contributed by atoms with Gasteiger partial charge in [-0.2, -0.15) is 5.26 Å². The first-order valence-corrected chi connectivity index (χ1v) is 5.69. The second-order valence-electron chi connectivity index (χ2n) is 5.02. The minimum Gasteiger partial charge on any atom is -0.497 e. The Hall–Kier alpha value is -2.08. The molecular weight excluding hydrogens is 226 g/mol. The summed E-state index contributed by atoms with van der Waals surface area (Å²) in [7, 11) is 1.59. The molecule has 18 heavy (non-hydrogen) atoms. The quantitative estimate of drug-likeness (QED) is 0.605. The molecule has 0 aliphatic rings. The zero-order valence-corrected chi connectivity index (χ0v) is 11.2. The molecule has 1 aromatic rings. The molecule has 0 N–H and O–H groups in total. The molecule has 0 aliphatic heterocycles. The van der Waals surface area contributed by atoms with Gasteiger partial charge >= 0.3 is 0 Å². The Morgan fingerprint density at radius 2 is 1.83 bits per heavy atom. The minimum atomic E-state index is -0.548. The lowest BCUT2D eigenvalue weighted by Crippen LogP contribution is -2.21. The van der Waals surface area contributed by atoms with E-state index < -0.39 is 5.41 Å². The van der Waals surface area contributed by atoms with Crippen LogP contribution in [0.25, 0.3) is 6.08 Å². The predicted molar refractivity (Wildman–Crippen MR) is 71.0 cm³/mol. The molecule has 1 rings (SSSR count). The van der Waals surface area contributed by atoms with E-state index in [-0.39, 0.29) is 11.4 Å². The number of hydrogen-bond donors (Lipinski definition) is 0. The highest BCUT2D eigenvalue weighted by atomic mass is 16.5. The van der Waals surface area contributed by atoms with Crippen molar-refractivity contribution in [1.29, 1.82) is 5.26 Å². The van der Waals surface area contributed by atoms with Gasteiger partial charge in [0.2, 0.25) is 0 Å². The minimum absolute atomic E-state index is 0.152. The Labute approximate surface area is 108 Å². The van der Waals surface area contributed by atoms with Crippen LogP contribution in [0.3, 0.4) is 0 Å². The highest BCUT2D eigenvalue weighted by Gasteiger charge is 2.24. The lowest BCUT2D eigenvalue weighted by Gasteiger charge is -2.15. The molecule has 3 nitrogen and oxygen atoms in total. The molecule has 0 bridgehead atoms. The van der Waals surface area contributed by atoms with E-state index in [9.17, 15) is 4.79 Å². The molecule has 0 unspecified atom stereocenters. The first-order valence-electron chi connectivity index (χ1n) is 5.69. The van der Waals surface area contributed by atoms with Crippen LogP contribution in [0.2, 0.25) is 0 Å². The number of hydrogen-bond acceptors (Lipinski definition) is 3. The van der Waals surface area contributed by atoms with Gasteiger partial charge in [0.1, 0.15) is 11.8 Å². The third-order valence-electron chi connectivity index (χ3n) is 2.47. The van der Waals surface area contributed by atoms with E-state index in [1.54, 1.807) is 46.1 Å². The predicted octanol–water partition coefficient (Wildman–Crippen LogP) is 3.22. The van der Waals surface area contributed by atoms with E-state index in [1.807, 2.05) is 18.2 Å². The lowest BCUT2D eigenvalue weighted by molar-refractivity contribution is -0.121. The van der Waals surface area contributed by atoms with Crippen LogP contribution < -0.4 is 4.74 Å². The molecule has 0 aliphatic carbocycles. The summed E-state index contributed by atoms with van der Waals surface area (Å²) in [5, 5.41) is 9.06. The average Bonchev–Trinajstić information content (AvgIpc) is 2.34. The standard InChI is InChI=1S/C15H17NO2/c1-15(2,3)14(17)12(10-16)9-11-5-7-13(18-4)8-6-11/h5-9H,1-4H3/b12-9+. The van der Waals surface area contributed by atoms with Gasteiger partial charge in [-0.1, -0.05) is 32.9 Å². The Bertz CT molecular complexity index is 499. The van der Waals surface area contributed by atoms with Crippen LogP contribution in [0.15, 0.2) is 29.8 Å². The van der Waals surface area contributed by atoms with E-state index in [4.69, 9.17) is 10.00 Å². The third-order valence-corrected chi connectivity index (χ3v) is 2.47. The number of ketones is 1. The van der Waals surface area contributed by atoms with Crippen molar-refractivity contribution in [2.24, 2.45) is 5.41 Å². The van der Waals surface area contributed by atoms with Gasteiger partial charge in [0.25, 0.3) is 0 Å². The van der Waals surface area contributed by atoms with Gasteiger partial charge in [-0.15, -0.1) is 0 Å². The summed E-state index contributed by atoms with van der Waals surface area (Å²) < 4.78 is 5.05. The van der Waals surface area contributed by atoms with Crippen molar-refractivity contribution in [2.45, 2.75) is 20.8 Å². The molecule has 0 spiro atoms. The Kier molecular flexibility index (Phi) is 4.28.